The average Bonchev–Trinajstić information content (AvgIpc) is 3.05. The van der Waals surface area contributed by atoms with Crippen LogP contribution in [0.5, 0.6) is 5.75 Å². The minimum absolute atomic E-state index is 0.0400. The zero-order chi connectivity index (χ0) is 22.8. The van der Waals surface area contributed by atoms with Gasteiger partial charge in [0.2, 0.25) is 10.0 Å². The summed E-state index contributed by atoms with van der Waals surface area (Å²) in [6.45, 7) is 5.42. The highest BCUT2D eigenvalue weighted by atomic mass is 32.2. The zero-order valence-corrected chi connectivity index (χ0v) is 18.9. The number of aliphatic hydroxyl groups is 1. The van der Waals surface area contributed by atoms with Crippen molar-refractivity contribution >= 4 is 15.9 Å². The van der Waals surface area contributed by atoms with Crippen LogP contribution in [-0.4, -0.2) is 74.1 Å². The van der Waals surface area contributed by atoms with Gasteiger partial charge in [-0.1, -0.05) is 13.3 Å². The van der Waals surface area contributed by atoms with Gasteiger partial charge in [-0.2, -0.15) is 4.31 Å². The van der Waals surface area contributed by atoms with Crippen molar-refractivity contribution < 1.29 is 37.4 Å². The largest absolute Gasteiger partial charge is 0.497 e. The van der Waals surface area contributed by atoms with Gasteiger partial charge in [-0.15, -0.1) is 0 Å². The summed E-state index contributed by atoms with van der Waals surface area (Å²) in [5, 5.41) is 11.0. The number of piperidine rings is 1. The molecule has 174 valence electrons. The van der Waals surface area contributed by atoms with Crippen molar-refractivity contribution in [3.63, 3.8) is 0 Å². The smallest absolute Gasteiger partial charge is 0.264 e. The molecule has 0 unspecified atom stereocenters. The van der Waals surface area contributed by atoms with E-state index < -0.39 is 46.1 Å². The molecule has 3 rings (SSSR count). The van der Waals surface area contributed by atoms with Gasteiger partial charge in [-0.3, -0.25) is 9.63 Å². The molecule has 10 nitrogen and oxygen atoms in total. The molecule has 2 N–H and O–H groups in total. The molecule has 31 heavy (non-hydrogen) atoms. The van der Waals surface area contributed by atoms with Crippen LogP contribution in [0.25, 0.3) is 0 Å². The summed E-state index contributed by atoms with van der Waals surface area (Å²) in [6, 6.07) is 4.34. The van der Waals surface area contributed by atoms with E-state index in [1.54, 1.807) is 13.8 Å². The molecule has 2 aliphatic heterocycles. The van der Waals surface area contributed by atoms with Crippen molar-refractivity contribution in [2.45, 2.75) is 68.6 Å². The quantitative estimate of drug-likeness (QED) is 0.433. The number of carbonyl (C=O) groups is 1. The number of fused-ring (bicyclic) bond motifs is 1. The van der Waals surface area contributed by atoms with E-state index in [9.17, 15) is 18.3 Å². The maximum absolute atomic E-state index is 13.4. The predicted molar refractivity (Wildman–Crippen MR) is 110 cm³/mol. The van der Waals surface area contributed by atoms with E-state index >= 15 is 0 Å². The highest BCUT2D eigenvalue weighted by molar-refractivity contribution is 7.89. The Balaban J connectivity index is 1.92. The van der Waals surface area contributed by atoms with Gasteiger partial charge >= 0.3 is 0 Å². The van der Waals surface area contributed by atoms with Crippen LogP contribution < -0.4 is 10.2 Å². The van der Waals surface area contributed by atoms with Crippen molar-refractivity contribution in [3.05, 3.63) is 24.3 Å². The number of benzene rings is 1. The lowest BCUT2D eigenvalue weighted by Gasteiger charge is -2.41. The van der Waals surface area contributed by atoms with E-state index in [1.165, 1.54) is 31.4 Å². The molecule has 1 amide bonds. The Bertz CT molecular complexity index is 874. The molecule has 11 heteroatoms. The molecule has 0 aliphatic carbocycles. The van der Waals surface area contributed by atoms with Gasteiger partial charge in [0.15, 0.2) is 5.79 Å². The number of sulfonamides is 1. The van der Waals surface area contributed by atoms with Crippen molar-refractivity contribution in [3.8, 4) is 5.75 Å². The van der Waals surface area contributed by atoms with E-state index in [4.69, 9.17) is 19.0 Å². The topological polar surface area (TPSA) is 124 Å². The Hall–Kier alpha value is -1.76. The first kappa shape index (κ1) is 23.9. The van der Waals surface area contributed by atoms with Crippen LogP contribution in [0.3, 0.4) is 0 Å². The first-order chi connectivity index (χ1) is 14.6. The first-order valence-corrected chi connectivity index (χ1v) is 11.7. The molecule has 2 heterocycles. The third-order valence-electron chi connectivity index (χ3n) is 5.26. The SMILES string of the molecule is CCCCONC(=O)[C@H]1[C@@H](O)[C@@H]2OC(C)(C)O[C@H]2CN1S(=O)(=O)c1ccc(OC)cc1. The van der Waals surface area contributed by atoms with E-state index in [1.807, 2.05) is 6.92 Å². The molecule has 0 radical (unpaired) electrons. The average molecular weight is 459 g/mol. The highest BCUT2D eigenvalue weighted by Crippen LogP contribution is 2.37. The highest BCUT2D eigenvalue weighted by Gasteiger charge is 2.57. The molecular weight excluding hydrogens is 428 g/mol. The Morgan fingerprint density at radius 3 is 2.58 bits per heavy atom. The number of hydrogen-bond acceptors (Lipinski definition) is 8. The lowest BCUT2D eigenvalue weighted by molar-refractivity contribution is -0.160. The maximum atomic E-state index is 13.4. The number of aliphatic hydroxyl groups excluding tert-OH is 1. The normalized spacial score (nSPS) is 28.2. The van der Waals surface area contributed by atoms with Crippen molar-refractivity contribution in [1.82, 2.24) is 9.79 Å². The number of nitrogens with one attached hydrogen (secondary N) is 1. The molecular formula is C20H30N2O8S. The van der Waals surface area contributed by atoms with Crippen LogP contribution in [0, 0.1) is 0 Å². The number of amides is 1. The summed E-state index contributed by atoms with van der Waals surface area (Å²) >= 11 is 0. The molecule has 2 saturated heterocycles. The molecule has 0 aromatic heterocycles. The number of unbranched alkanes of at least 4 members (excludes halogenated alkanes) is 1. The monoisotopic (exact) mass is 458 g/mol. The number of carbonyl (C=O) groups excluding carboxylic acids is 1. The second-order valence-electron chi connectivity index (χ2n) is 7.99. The second-order valence-corrected chi connectivity index (χ2v) is 9.88. The molecule has 1 aromatic rings. The van der Waals surface area contributed by atoms with E-state index in [0.29, 0.717) is 5.75 Å². The van der Waals surface area contributed by atoms with Gasteiger partial charge in [0, 0.05) is 6.54 Å². The van der Waals surface area contributed by atoms with Crippen LogP contribution in [-0.2, 0) is 29.1 Å². The molecule has 2 aliphatic rings. The minimum atomic E-state index is -4.16. The molecule has 1 aromatic carbocycles. The van der Waals surface area contributed by atoms with E-state index in [2.05, 4.69) is 5.48 Å². The number of hydroxylamine groups is 1. The lowest BCUT2D eigenvalue weighted by atomic mass is 9.95. The first-order valence-electron chi connectivity index (χ1n) is 10.2. The third-order valence-corrected chi connectivity index (χ3v) is 7.12. The molecule has 0 bridgehead atoms. The molecule has 0 spiro atoms. The standard InChI is InChI=1S/C20H30N2O8S/c1-5-6-11-28-21-19(24)16-17(23)18-15(29-20(2,3)30-18)12-22(16)31(25,26)14-9-7-13(27-4)8-10-14/h7-10,15-18,23H,5-6,11-12H2,1-4H3,(H,21,24)/t15-,16+,17+,18+/m0/s1. The summed E-state index contributed by atoms with van der Waals surface area (Å²) < 4.78 is 44.4. The van der Waals surface area contributed by atoms with Gasteiger partial charge in [0.25, 0.3) is 5.91 Å². The maximum Gasteiger partial charge on any atom is 0.264 e. The van der Waals surface area contributed by atoms with Crippen LogP contribution in [0.15, 0.2) is 29.2 Å². The van der Waals surface area contributed by atoms with Gasteiger partial charge in [-0.05, 0) is 44.5 Å². The zero-order valence-electron chi connectivity index (χ0n) is 18.1. The summed E-state index contributed by atoms with van der Waals surface area (Å²) in [6.07, 6.45) is -1.46. The van der Waals surface area contributed by atoms with E-state index in [0.717, 1.165) is 17.1 Å². The van der Waals surface area contributed by atoms with E-state index in [-0.39, 0.29) is 18.0 Å². The number of rotatable bonds is 8. The number of methoxy groups -OCH3 is 1. The fraction of sp³-hybridized carbons (Fsp3) is 0.650. The number of nitrogens with zero attached hydrogens (tertiary/aromatic N) is 1. The Labute approximate surface area is 182 Å². The van der Waals surface area contributed by atoms with Crippen molar-refractivity contribution in [2.75, 3.05) is 20.3 Å². The fourth-order valence-electron chi connectivity index (χ4n) is 3.75. The molecule has 2 fully saturated rings. The number of hydrogen-bond donors (Lipinski definition) is 2. The van der Waals surface area contributed by atoms with Crippen molar-refractivity contribution in [1.29, 1.82) is 0 Å². The van der Waals surface area contributed by atoms with Crippen LogP contribution in [0.1, 0.15) is 33.6 Å². The summed E-state index contributed by atoms with van der Waals surface area (Å²) in [4.78, 5) is 18.0. The van der Waals surface area contributed by atoms with Crippen molar-refractivity contribution in [2.24, 2.45) is 0 Å². The molecule has 0 saturated carbocycles. The van der Waals surface area contributed by atoms with Crippen LogP contribution in [0.2, 0.25) is 0 Å². The summed E-state index contributed by atoms with van der Waals surface area (Å²) in [5.74, 6) is -1.30. The molecule has 4 atom stereocenters. The van der Waals surface area contributed by atoms with Crippen LogP contribution >= 0.6 is 0 Å². The summed E-state index contributed by atoms with van der Waals surface area (Å²) in [5.41, 5.74) is 2.27. The summed E-state index contributed by atoms with van der Waals surface area (Å²) in [7, 11) is -2.68. The van der Waals surface area contributed by atoms with Gasteiger partial charge < -0.3 is 19.3 Å². The Morgan fingerprint density at radius 1 is 1.29 bits per heavy atom. The predicted octanol–water partition coefficient (Wildman–Crippen LogP) is 0.797. The van der Waals surface area contributed by atoms with Gasteiger partial charge in [0.1, 0.15) is 30.1 Å². The van der Waals surface area contributed by atoms with Gasteiger partial charge in [-0.25, -0.2) is 13.9 Å². The number of ether oxygens (including phenoxy) is 3. The Kier molecular flexibility index (Phi) is 7.24. The Morgan fingerprint density at radius 2 is 1.97 bits per heavy atom. The fourth-order valence-corrected chi connectivity index (χ4v) is 5.36. The van der Waals surface area contributed by atoms with Crippen LogP contribution in [0.4, 0.5) is 0 Å². The second kappa shape index (κ2) is 9.39. The lowest BCUT2D eigenvalue weighted by Crippen LogP contribution is -2.66. The van der Waals surface area contributed by atoms with Gasteiger partial charge in [0.05, 0.1) is 18.6 Å². The minimum Gasteiger partial charge on any atom is -0.497 e. The third kappa shape index (κ3) is 5.02.